The van der Waals surface area contributed by atoms with Crippen molar-refractivity contribution in [3.8, 4) is 5.75 Å². The van der Waals surface area contributed by atoms with Crippen LogP contribution in [0.2, 0.25) is 0 Å². The Hall–Kier alpha value is -3.00. The summed E-state index contributed by atoms with van der Waals surface area (Å²) in [7, 11) is 0. The summed E-state index contributed by atoms with van der Waals surface area (Å²) in [5.74, 6) is 1.79. The van der Waals surface area contributed by atoms with E-state index in [1.165, 1.54) is 11.8 Å². The highest BCUT2D eigenvalue weighted by Gasteiger charge is 2.16. The monoisotopic (exact) mass is 439 g/mol. The Labute approximate surface area is 187 Å². The largest absolute Gasteiger partial charge is 0.489 e. The average molecular weight is 440 g/mol. The molecule has 0 aliphatic rings. The first-order valence-corrected chi connectivity index (χ1v) is 11.1. The van der Waals surface area contributed by atoms with Crippen molar-refractivity contribution in [1.82, 2.24) is 20.2 Å². The number of hydrogen-bond acceptors (Lipinski definition) is 6. The third kappa shape index (κ3) is 7.32. The maximum absolute atomic E-state index is 12.1. The molecule has 1 amide bonds. The lowest BCUT2D eigenvalue weighted by Gasteiger charge is -2.20. The molecule has 0 aliphatic carbocycles. The Balaban J connectivity index is 1.56. The molecular formula is C23H29N5O2S. The minimum Gasteiger partial charge on any atom is -0.489 e. The summed E-state index contributed by atoms with van der Waals surface area (Å²) in [5, 5.41) is 11.9. The normalized spacial score (nSPS) is 11.2. The van der Waals surface area contributed by atoms with Crippen molar-refractivity contribution in [3.63, 3.8) is 0 Å². The summed E-state index contributed by atoms with van der Waals surface area (Å²) < 4.78 is 7.73. The lowest BCUT2D eigenvalue weighted by atomic mass is 10.1. The Bertz CT molecular complexity index is 999. The van der Waals surface area contributed by atoms with Crippen LogP contribution in [-0.2, 0) is 17.9 Å². The Kier molecular flexibility index (Phi) is 7.57. The Morgan fingerprint density at radius 3 is 2.55 bits per heavy atom. The predicted molar refractivity (Wildman–Crippen MR) is 124 cm³/mol. The van der Waals surface area contributed by atoms with Crippen LogP contribution in [0.4, 0.5) is 0 Å². The van der Waals surface area contributed by atoms with E-state index in [0.717, 1.165) is 22.7 Å². The summed E-state index contributed by atoms with van der Waals surface area (Å²) in [6.45, 7) is 8.85. The molecule has 2 aromatic carbocycles. The number of rotatable bonds is 9. The molecule has 7 nitrogen and oxygen atoms in total. The third-order valence-electron chi connectivity index (χ3n) is 4.23. The molecule has 164 valence electrons. The molecule has 0 unspecified atom stereocenters. The first kappa shape index (κ1) is 22.7. The molecule has 0 saturated heterocycles. The number of aromatic nitrogens is 3. The van der Waals surface area contributed by atoms with Gasteiger partial charge in [-0.05, 0) is 51.0 Å². The van der Waals surface area contributed by atoms with Crippen molar-refractivity contribution in [3.05, 3.63) is 71.5 Å². The SMILES string of the molecule is Cc1nnc(SCC(=O)NC(C)(C)C)n1NCc1cccc(OCc2ccccc2)c1. The number of aryl methyl sites for hydroxylation is 1. The van der Waals surface area contributed by atoms with E-state index in [9.17, 15) is 4.79 Å². The highest BCUT2D eigenvalue weighted by atomic mass is 32.2. The Morgan fingerprint density at radius 1 is 1.06 bits per heavy atom. The van der Waals surface area contributed by atoms with Gasteiger partial charge >= 0.3 is 0 Å². The van der Waals surface area contributed by atoms with Gasteiger partial charge in [-0.2, -0.15) is 0 Å². The fourth-order valence-electron chi connectivity index (χ4n) is 2.86. The second-order valence-electron chi connectivity index (χ2n) is 8.21. The highest BCUT2D eigenvalue weighted by molar-refractivity contribution is 7.99. The van der Waals surface area contributed by atoms with E-state index in [0.29, 0.717) is 18.3 Å². The van der Waals surface area contributed by atoms with Crippen LogP contribution in [0, 0.1) is 6.92 Å². The van der Waals surface area contributed by atoms with Crippen LogP contribution in [0.15, 0.2) is 59.8 Å². The summed E-state index contributed by atoms with van der Waals surface area (Å²) in [5.41, 5.74) is 5.28. The standard InChI is InChI=1S/C23H29N5O2S/c1-17-26-27-22(31-16-21(29)25-23(2,3)4)28(17)24-14-19-11-8-12-20(13-19)30-15-18-9-6-5-7-10-18/h5-13,24H,14-16H2,1-4H3,(H,25,29). The first-order valence-electron chi connectivity index (χ1n) is 10.2. The molecule has 2 N–H and O–H groups in total. The topological polar surface area (TPSA) is 81.1 Å². The van der Waals surface area contributed by atoms with Crippen LogP contribution in [0.1, 0.15) is 37.7 Å². The van der Waals surface area contributed by atoms with Gasteiger partial charge in [0.25, 0.3) is 0 Å². The van der Waals surface area contributed by atoms with Crippen molar-refractivity contribution in [2.45, 2.75) is 51.5 Å². The molecule has 0 fully saturated rings. The second kappa shape index (κ2) is 10.3. The van der Waals surface area contributed by atoms with Gasteiger partial charge < -0.3 is 15.5 Å². The minimum atomic E-state index is -0.257. The van der Waals surface area contributed by atoms with Crippen molar-refractivity contribution in [1.29, 1.82) is 0 Å². The van der Waals surface area contributed by atoms with Gasteiger partial charge in [-0.3, -0.25) is 4.79 Å². The fourth-order valence-corrected chi connectivity index (χ4v) is 3.62. The van der Waals surface area contributed by atoms with Crippen molar-refractivity contribution < 1.29 is 9.53 Å². The number of ether oxygens (including phenoxy) is 1. The van der Waals surface area contributed by atoms with E-state index < -0.39 is 0 Å². The molecule has 0 aliphatic heterocycles. The number of hydrogen-bond donors (Lipinski definition) is 2. The summed E-state index contributed by atoms with van der Waals surface area (Å²) in [4.78, 5) is 12.1. The summed E-state index contributed by atoms with van der Waals surface area (Å²) >= 11 is 1.35. The summed E-state index contributed by atoms with van der Waals surface area (Å²) in [6, 6.07) is 18.1. The highest BCUT2D eigenvalue weighted by Crippen LogP contribution is 2.18. The second-order valence-corrected chi connectivity index (χ2v) is 9.15. The van der Waals surface area contributed by atoms with Crippen LogP contribution in [0.5, 0.6) is 5.75 Å². The number of benzene rings is 2. The van der Waals surface area contributed by atoms with Gasteiger partial charge in [0.15, 0.2) is 0 Å². The number of carbonyl (C=O) groups excluding carboxylic acids is 1. The van der Waals surface area contributed by atoms with E-state index in [2.05, 4.69) is 20.9 Å². The van der Waals surface area contributed by atoms with Gasteiger partial charge in [0.05, 0.1) is 12.3 Å². The van der Waals surface area contributed by atoms with E-state index in [1.54, 1.807) is 0 Å². The predicted octanol–water partition coefficient (Wildman–Crippen LogP) is 3.92. The molecule has 31 heavy (non-hydrogen) atoms. The zero-order chi connectivity index (χ0) is 22.3. The first-order chi connectivity index (χ1) is 14.8. The molecule has 0 spiro atoms. The molecule has 1 aromatic heterocycles. The van der Waals surface area contributed by atoms with Gasteiger partial charge in [0.2, 0.25) is 11.1 Å². The maximum atomic E-state index is 12.1. The van der Waals surface area contributed by atoms with Gasteiger partial charge in [-0.15, -0.1) is 10.2 Å². The van der Waals surface area contributed by atoms with E-state index in [4.69, 9.17) is 4.74 Å². The minimum absolute atomic E-state index is 0.0343. The molecule has 0 atom stereocenters. The molecule has 0 saturated carbocycles. The zero-order valence-electron chi connectivity index (χ0n) is 18.4. The molecule has 1 heterocycles. The maximum Gasteiger partial charge on any atom is 0.230 e. The molecule has 0 bridgehead atoms. The smallest absolute Gasteiger partial charge is 0.230 e. The van der Waals surface area contributed by atoms with Crippen LogP contribution in [0.25, 0.3) is 0 Å². The van der Waals surface area contributed by atoms with Gasteiger partial charge in [0.1, 0.15) is 18.2 Å². The van der Waals surface area contributed by atoms with Gasteiger partial charge in [-0.1, -0.05) is 54.2 Å². The number of thioether (sulfide) groups is 1. The molecule has 3 aromatic rings. The molecule has 0 radical (unpaired) electrons. The van der Waals surface area contributed by atoms with Crippen LogP contribution in [-0.4, -0.2) is 32.1 Å². The average Bonchev–Trinajstić information content (AvgIpc) is 3.08. The quantitative estimate of drug-likeness (QED) is 0.492. The van der Waals surface area contributed by atoms with E-state index in [1.807, 2.05) is 87.0 Å². The Morgan fingerprint density at radius 2 is 1.81 bits per heavy atom. The van der Waals surface area contributed by atoms with Crippen molar-refractivity contribution in [2.24, 2.45) is 0 Å². The lowest BCUT2D eigenvalue weighted by Crippen LogP contribution is -2.41. The van der Waals surface area contributed by atoms with E-state index >= 15 is 0 Å². The molecular weight excluding hydrogens is 410 g/mol. The van der Waals surface area contributed by atoms with Crippen molar-refractivity contribution in [2.75, 3.05) is 11.2 Å². The summed E-state index contributed by atoms with van der Waals surface area (Å²) in [6.07, 6.45) is 0. The number of nitrogens with one attached hydrogen (secondary N) is 2. The molecule has 8 heteroatoms. The number of nitrogens with zero attached hydrogens (tertiary/aromatic N) is 3. The van der Waals surface area contributed by atoms with Crippen LogP contribution >= 0.6 is 11.8 Å². The lowest BCUT2D eigenvalue weighted by molar-refractivity contribution is -0.119. The van der Waals surface area contributed by atoms with Crippen molar-refractivity contribution >= 4 is 17.7 Å². The number of amides is 1. The van der Waals surface area contributed by atoms with Gasteiger partial charge in [0, 0.05) is 5.54 Å². The van der Waals surface area contributed by atoms with E-state index in [-0.39, 0.29) is 17.2 Å². The fraction of sp³-hybridized carbons (Fsp3) is 0.348. The zero-order valence-corrected chi connectivity index (χ0v) is 19.2. The molecule has 3 rings (SSSR count). The van der Waals surface area contributed by atoms with Crippen LogP contribution < -0.4 is 15.5 Å². The number of carbonyl (C=O) groups is 1. The van der Waals surface area contributed by atoms with Gasteiger partial charge in [-0.25, -0.2) is 4.68 Å². The third-order valence-corrected chi connectivity index (χ3v) is 5.16. The van der Waals surface area contributed by atoms with Crippen LogP contribution in [0.3, 0.4) is 0 Å².